The van der Waals surface area contributed by atoms with E-state index in [1.165, 1.54) is 5.56 Å². The van der Waals surface area contributed by atoms with E-state index < -0.39 is 6.03 Å². The van der Waals surface area contributed by atoms with Gasteiger partial charge in [0.15, 0.2) is 11.5 Å². The normalized spacial score (nSPS) is 16.1. The van der Waals surface area contributed by atoms with Gasteiger partial charge < -0.3 is 19.7 Å². The maximum Gasteiger partial charge on any atom is 0.321 e. The van der Waals surface area contributed by atoms with Gasteiger partial charge in [0.25, 0.3) is 0 Å². The van der Waals surface area contributed by atoms with Crippen LogP contribution < -0.4 is 20.1 Å². The molecule has 1 fully saturated rings. The first kappa shape index (κ1) is 21.1. The maximum atomic E-state index is 12.1. The lowest BCUT2D eigenvalue weighted by Crippen LogP contribution is -2.47. The van der Waals surface area contributed by atoms with Crippen molar-refractivity contribution in [2.75, 3.05) is 39.5 Å². The molecule has 0 radical (unpaired) electrons. The summed E-state index contributed by atoms with van der Waals surface area (Å²) in [6.07, 6.45) is 0.306. The van der Waals surface area contributed by atoms with Crippen molar-refractivity contribution in [1.82, 2.24) is 20.4 Å². The zero-order valence-corrected chi connectivity index (χ0v) is 17.5. The summed E-state index contributed by atoms with van der Waals surface area (Å²) in [5.41, 5.74) is 2.20. The minimum atomic E-state index is -0.456. The van der Waals surface area contributed by atoms with Crippen LogP contribution in [0.2, 0.25) is 0 Å². The lowest BCUT2D eigenvalue weighted by molar-refractivity contribution is -0.120. The Bertz CT molecular complexity index is 898. The Balaban J connectivity index is 1.11. The standard InChI is InChI=1S/C23H28N4O4/c28-22(25-23(29)24-15-18-4-2-1-3-5-18)8-9-26-10-12-27(13-11-26)16-19-6-7-20-21(14-19)31-17-30-20/h1-7,14H,8-13,15-17H2,(H2,24,25,28,29). The molecule has 8 heteroatoms. The highest BCUT2D eigenvalue weighted by atomic mass is 16.7. The number of urea groups is 1. The molecule has 4 rings (SSSR count). The molecule has 0 aromatic heterocycles. The average molecular weight is 425 g/mol. The van der Waals surface area contributed by atoms with Crippen LogP contribution in [-0.4, -0.2) is 61.3 Å². The number of amides is 3. The molecule has 2 aliphatic heterocycles. The van der Waals surface area contributed by atoms with Crippen LogP contribution in [0.1, 0.15) is 17.5 Å². The van der Waals surface area contributed by atoms with E-state index in [9.17, 15) is 9.59 Å². The average Bonchev–Trinajstić information content (AvgIpc) is 3.26. The van der Waals surface area contributed by atoms with Crippen LogP contribution in [0.4, 0.5) is 4.79 Å². The van der Waals surface area contributed by atoms with Crippen molar-refractivity contribution in [3.63, 3.8) is 0 Å². The number of carbonyl (C=O) groups excluding carboxylic acids is 2. The van der Waals surface area contributed by atoms with Gasteiger partial charge in [0.2, 0.25) is 12.7 Å². The van der Waals surface area contributed by atoms with Crippen molar-refractivity contribution in [3.05, 3.63) is 59.7 Å². The Morgan fingerprint density at radius 3 is 2.42 bits per heavy atom. The van der Waals surface area contributed by atoms with Gasteiger partial charge in [-0.2, -0.15) is 0 Å². The fourth-order valence-electron chi connectivity index (χ4n) is 3.74. The van der Waals surface area contributed by atoms with Gasteiger partial charge in [0, 0.05) is 52.2 Å². The van der Waals surface area contributed by atoms with Gasteiger partial charge in [-0.25, -0.2) is 4.79 Å². The highest BCUT2D eigenvalue weighted by Gasteiger charge is 2.19. The predicted molar refractivity (Wildman–Crippen MR) is 116 cm³/mol. The van der Waals surface area contributed by atoms with Gasteiger partial charge in [-0.1, -0.05) is 36.4 Å². The molecule has 3 amide bonds. The SMILES string of the molecule is O=C(CCN1CCN(Cc2ccc3c(c2)OCO3)CC1)NC(=O)NCc1ccccc1. The second-order valence-corrected chi connectivity index (χ2v) is 7.77. The molecule has 2 N–H and O–H groups in total. The third-order valence-electron chi connectivity index (χ3n) is 5.51. The number of hydrogen-bond acceptors (Lipinski definition) is 6. The quantitative estimate of drug-likeness (QED) is 0.707. The molecule has 0 bridgehead atoms. The molecule has 8 nitrogen and oxygen atoms in total. The topological polar surface area (TPSA) is 83.1 Å². The Kier molecular flexibility index (Phi) is 7.01. The van der Waals surface area contributed by atoms with Gasteiger partial charge in [-0.05, 0) is 23.3 Å². The molecule has 2 aromatic rings. The zero-order valence-electron chi connectivity index (χ0n) is 17.5. The summed E-state index contributed by atoms with van der Waals surface area (Å²) < 4.78 is 10.8. The summed E-state index contributed by atoms with van der Waals surface area (Å²) >= 11 is 0. The number of benzene rings is 2. The molecule has 0 aliphatic carbocycles. The van der Waals surface area contributed by atoms with Crippen LogP contribution in [0, 0.1) is 0 Å². The van der Waals surface area contributed by atoms with Crippen molar-refractivity contribution in [3.8, 4) is 11.5 Å². The Hall–Kier alpha value is -3.10. The van der Waals surface area contributed by atoms with Crippen molar-refractivity contribution in [2.45, 2.75) is 19.5 Å². The Morgan fingerprint density at radius 1 is 0.871 bits per heavy atom. The van der Waals surface area contributed by atoms with Gasteiger partial charge in [0.05, 0.1) is 0 Å². The first-order chi connectivity index (χ1) is 15.2. The highest BCUT2D eigenvalue weighted by molar-refractivity contribution is 5.94. The first-order valence-electron chi connectivity index (χ1n) is 10.6. The number of imide groups is 1. The molecule has 1 saturated heterocycles. The molecule has 0 saturated carbocycles. The lowest BCUT2D eigenvalue weighted by atomic mass is 10.1. The summed E-state index contributed by atoms with van der Waals surface area (Å²) in [4.78, 5) is 28.6. The Morgan fingerprint density at radius 2 is 1.61 bits per heavy atom. The molecule has 164 valence electrons. The van der Waals surface area contributed by atoms with Crippen LogP contribution in [0.15, 0.2) is 48.5 Å². The van der Waals surface area contributed by atoms with Crippen LogP contribution in [0.3, 0.4) is 0 Å². The fourth-order valence-corrected chi connectivity index (χ4v) is 3.74. The number of carbonyl (C=O) groups is 2. The number of ether oxygens (including phenoxy) is 2. The fraction of sp³-hybridized carbons (Fsp3) is 0.391. The van der Waals surface area contributed by atoms with Crippen LogP contribution in [0.25, 0.3) is 0 Å². The van der Waals surface area contributed by atoms with Gasteiger partial charge in [-0.15, -0.1) is 0 Å². The van der Waals surface area contributed by atoms with Crippen LogP contribution >= 0.6 is 0 Å². The van der Waals surface area contributed by atoms with Gasteiger partial charge in [-0.3, -0.25) is 15.0 Å². The van der Waals surface area contributed by atoms with E-state index >= 15 is 0 Å². The van der Waals surface area contributed by atoms with Crippen molar-refractivity contribution < 1.29 is 19.1 Å². The van der Waals surface area contributed by atoms with E-state index in [0.29, 0.717) is 26.3 Å². The predicted octanol–water partition coefficient (Wildman–Crippen LogP) is 1.95. The molecule has 0 atom stereocenters. The molecule has 0 spiro atoms. The Labute approximate surface area is 182 Å². The van der Waals surface area contributed by atoms with E-state index in [4.69, 9.17) is 9.47 Å². The van der Waals surface area contributed by atoms with E-state index in [1.807, 2.05) is 42.5 Å². The summed E-state index contributed by atoms with van der Waals surface area (Å²) in [5, 5.41) is 5.11. The highest BCUT2D eigenvalue weighted by Crippen LogP contribution is 2.32. The third kappa shape index (κ3) is 6.19. The number of nitrogens with zero attached hydrogens (tertiary/aromatic N) is 2. The van der Waals surface area contributed by atoms with E-state index in [2.05, 4.69) is 26.5 Å². The zero-order chi connectivity index (χ0) is 21.5. The minimum absolute atomic E-state index is 0.256. The summed E-state index contributed by atoms with van der Waals surface area (Å²) in [5.74, 6) is 1.36. The molecular formula is C23H28N4O4. The second kappa shape index (κ2) is 10.3. The van der Waals surface area contributed by atoms with Crippen molar-refractivity contribution in [2.24, 2.45) is 0 Å². The van der Waals surface area contributed by atoms with E-state index in [0.717, 1.165) is 49.8 Å². The summed E-state index contributed by atoms with van der Waals surface area (Å²) in [6, 6.07) is 15.2. The largest absolute Gasteiger partial charge is 0.454 e. The molecule has 2 heterocycles. The van der Waals surface area contributed by atoms with Crippen LogP contribution in [0.5, 0.6) is 11.5 Å². The summed E-state index contributed by atoms with van der Waals surface area (Å²) in [6.45, 7) is 5.88. The van der Waals surface area contributed by atoms with E-state index in [1.54, 1.807) is 0 Å². The lowest BCUT2D eigenvalue weighted by Gasteiger charge is -2.34. The smallest absolute Gasteiger partial charge is 0.321 e. The number of rotatable bonds is 7. The first-order valence-corrected chi connectivity index (χ1v) is 10.6. The molecule has 31 heavy (non-hydrogen) atoms. The summed E-state index contributed by atoms with van der Waals surface area (Å²) in [7, 11) is 0. The molecule has 0 unspecified atom stereocenters. The maximum absolute atomic E-state index is 12.1. The molecular weight excluding hydrogens is 396 g/mol. The number of hydrogen-bond donors (Lipinski definition) is 2. The second-order valence-electron chi connectivity index (χ2n) is 7.77. The number of piperazine rings is 1. The number of fused-ring (bicyclic) bond motifs is 1. The van der Waals surface area contributed by atoms with Crippen LogP contribution in [-0.2, 0) is 17.9 Å². The molecule has 2 aliphatic rings. The van der Waals surface area contributed by atoms with E-state index in [-0.39, 0.29) is 5.91 Å². The number of nitrogens with one attached hydrogen (secondary N) is 2. The van der Waals surface area contributed by atoms with Gasteiger partial charge in [0.1, 0.15) is 0 Å². The minimum Gasteiger partial charge on any atom is -0.454 e. The van der Waals surface area contributed by atoms with Gasteiger partial charge >= 0.3 is 6.03 Å². The van der Waals surface area contributed by atoms with Crippen molar-refractivity contribution in [1.29, 1.82) is 0 Å². The third-order valence-corrected chi connectivity index (χ3v) is 5.51. The monoisotopic (exact) mass is 424 g/mol. The molecule has 2 aromatic carbocycles. The van der Waals surface area contributed by atoms with Crippen molar-refractivity contribution >= 4 is 11.9 Å².